The van der Waals surface area contributed by atoms with Crippen molar-refractivity contribution in [2.45, 2.75) is 71.9 Å². The van der Waals surface area contributed by atoms with Crippen molar-refractivity contribution in [3.05, 3.63) is 0 Å². The summed E-state index contributed by atoms with van der Waals surface area (Å²) in [7, 11) is 0. The van der Waals surface area contributed by atoms with Gasteiger partial charge in [0.05, 0.1) is 11.1 Å². The minimum Gasteiger partial charge on any atom is -0.305 e. The van der Waals surface area contributed by atoms with Crippen LogP contribution in [0.1, 0.15) is 60.8 Å². The molecule has 0 unspecified atom stereocenters. The standard InChI is InChI=1S/C15H30N2O2/c1-7-12(18)14(3,4)16-10-9-11-17-15(5,6)13(19)8-2/h16-17H,7-11H2,1-6H3. The van der Waals surface area contributed by atoms with Gasteiger partial charge in [-0.15, -0.1) is 0 Å². The highest BCUT2D eigenvalue weighted by Crippen LogP contribution is 2.08. The van der Waals surface area contributed by atoms with Crippen molar-refractivity contribution in [2.24, 2.45) is 0 Å². The number of hydrogen-bond acceptors (Lipinski definition) is 4. The molecule has 19 heavy (non-hydrogen) atoms. The minimum atomic E-state index is -0.455. The maximum Gasteiger partial charge on any atom is 0.152 e. The number of rotatable bonds is 10. The van der Waals surface area contributed by atoms with Crippen molar-refractivity contribution >= 4 is 11.6 Å². The maximum absolute atomic E-state index is 11.7. The Hall–Kier alpha value is -0.740. The first kappa shape index (κ1) is 18.3. The van der Waals surface area contributed by atoms with Crippen LogP contribution in [0.15, 0.2) is 0 Å². The van der Waals surface area contributed by atoms with Crippen LogP contribution in [0.4, 0.5) is 0 Å². The Morgan fingerprint density at radius 2 is 1.11 bits per heavy atom. The number of ketones is 2. The molecule has 0 amide bonds. The first-order valence-electron chi connectivity index (χ1n) is 7.24. The Bertz CT molecular complexity index is 279. The van der Waals surface area contributed by atoms with Gasteiger partial charge >= 0.3 is 0 Å². The van der Waals surface area contributed by atoms with Crippen LogP contribution in [0.2, 0.25) is 0 Å². The zero-order chi connectivity index (χ0) is 15.1. The van der Waals surface area contributed by atoms with Gasteiger partial charge in [0.2, 0.25) is 0 Å². The van der Waals surface area contributed by atoms with Gasteiger partial charge in [0.1, 0.15) is 0 Å². The average Bonchev–Trinajstić information content (AvgIpc) is 2.35. The van der Waals surface area contributed by atoms with E-state index in [9.17, 15) is 9.59 Å². The summed E-state index contributed by atoms with van der Waals surface area (Å²) < 4.78 is 0. The molecule has 0 aromatic heterocycles. The summed E-state index contributed by atoms with van der Waals surface area (Å²) >= 11 is 0. The summed E-state index contributed by atoms with van der Waals surface area (Å²) in [6.45, 7) is 12.9. The van der Waals surface area contributed by atoms with Crippen molar-refractivity contribution in [3.8, 4) is 0 Å². The number of Topliss-reactive ketones (excluding diaryl/α,β-unsaturated/α-hetero) is 2. The molecular weight excluding hydrogens is 240 g/mol. The molecule has 0 aromatic rings. The summed E-state index contributed by atoms with van der Waals surface area (Å²) in [5, 5.41) is 6.53. The average molecular weight is 270 g/mol. The van der Waals surface area contributed by atoms with Gasteiger partial charge in [-0.25, -0.2) is 0 Å². The summed E-state index contributed by atoms with van der Waals surface area (Å²) in [5.74, 6) is 0.448. The first-order valence-corrected chi connectivity index (χ1v) is 7.24. The smallest absolute Gasteiger partial charge is 0.152 e. The van der Waals surface area contributed by atoms with Gasteiger partial charge in [-0.1, -0.05) is 13.8 Å². The lowest BCUT2D eigenvalue weighted by Crippen LogP contribution is -2.49. The van der Waals surface area contributed by atoms with Crippen molar-refractivity contribution in [1.29, 1.82) is 0 Å². The van der Waals surface area contributed by atoms with Crippen LogP contribution in [-0.4, -0.2) is 35.7 Å². The number of nitrogens with one attached hydrogen (secondary N) is 2. The molecule has 0 saturated carbocycles. The van der Waals surface area contributed by atoms with Gasteiger partial charge in [0, 0.05) is 12.8 Å². The normalized spacial score (nSPS) is 12.5. The van der Waals surface area contributed by atoms with Gasteiger partial charge in [-0.3, -0.25) is 9.59 Å². The van der Waals surface area contributed by atoms with Crippen molar-refractivity contribution in [2.75, 3.05) is 13.1 Å². The van der Waals surface area contributed by atoms with E-state index in [4.69, 9.17) is 0 Å². The van der Waals surface area contributed by atoms with Crippen molar-refractivity contribution in [1.82, 2.24) is 10.6 Å². The van der Waals surface area contributed by atoms with Gasteiger partial charge in [0.25, 0.3) is 0 Å². The van der Waals surface area contributed by atoms with Gasteiger partial charge < -0.3 is 10.6 Å². The molecular formula is C15H30N2O2. The maximum atomic E-state index is 11.7. The zero-order valence-electron chi connectivity index (χ0n) is 13.4. The molecule has 4 heteroatoms. The van der Waals surface area contributed by atoms with Crippen LogP contribution in [0.3, 0.4) is 0 Å². The molecule has 0 spiro atoms. The molecule has 0 fully saturated rings. The predicted molar refractivity (Wildman–Crippen MR) is 79.4 cm³/mol. The van der Waals surface area contributed by atoms with E-state index in [0.29, 0.717) is 12.8 Å². The van der Waals surface area contributed by atoms with Crippen molar-refractivity contribution in [3.63, 3.8) is 0 Å². The third kappa shape index (κ3) is 6.30. The molecule has 0 aliphatic carbocycles. The van der Waals surface area contributed by atoms with E-state index in [1.807, 2.05) is 41.5 Å². The second-order valence-electron chi connectivity index (χ2n) is 6.01. The molecule has 2 N–H and O–H groups in total. The Morgan fingerprint density at radius 1 is 0.789 bits per heavy atom. The highest BCUT2D eigenvalue weighted by atomic mass is 16.1. The number of carbonyl (C=O) groups excluding carboxylic acids is 2. The largest absolute Gasteiger partial charge is 0.305 e. The fourth-order valence-electron chi connectivity index (χ4n) is 1.97. The van der Waals surface area contributed by atoms with Crippen LogP contribution in [0, 0.1) is 0 Å². The first-order chi connectivity index (χ1) is 8.67. The molecule has 0 aliphatic rings. The third-order valence-corrected chi connectivity index (χ3v) is 3.52. The molecule has 0 radical (unpaired) electrons. The van der Waals surface area contributed by atoms with Crippen LogP contribution < -0.4 is 10.6 Å². The SMILES string of the molecule is CCC(=O)C(C)(C)NCCCNC(C)(C)C(=O)CC. The monoisotopic (exact) mass is 270 g/mol. The lowest BCUT2D eigenvalue weighted by molar-refractivity contribution is -0.124. The van der Waals surface area contributed by atoms with E-state index >= 15 is 0 Å². The Kier molecular flexibility index (Phi) is 7.45. The van der Waals surface area contributed by atoms with Crippen LogP contribution >= 0.6 is 0 Å². The molecule has 0 aromatic carbocycles. The van der Waals surface area contributed by atoms with Crippen LogP contribution in [0.5, 0.6) is 0 Å². The molecule has 0 bridgehead atoms. The van der Waals surface area contributed by atoms with E-state index < -0.39 is 11.1 Å². The lowest BCUT2D eigenvalue weighted by atomic mass is 9.96. The summed E-state index contributed by atoms with van der Waals surface area (Å²) in [5.41, 5.74) is -0.910. The number of hydrogen-bond donors (Lipinski definition) is 2. The fraction of sp³-hybridized carbons (Fsp3) is 0.867. The predicted octanol–water partition coefficient (Wildman–Crippen LogP) is 2.07. The quantitative estimate of drug-likeness (QED) is 0.597. The van der Waals surface area contributed by atoms with E-state index in [-0.39, 0.29) is 11.6 Å². The minimum absolute atomic E-state index is 0.224. The Balaban J connectivity index is 3.94. The zero-order valence-corrected chi connectivity index (χ0v) is 13.4. The van der Waals surface area contributed by atoms with Gasteiger partial charge in [-0.2, -0.15) is 0 Å². The molecule has 112 valence electrons. The van der Waals surface area contributed by atoms with Crippen LogP contribution in [0.25, 0.3) is 0 Å². The lowest BCUT2D eigenvalue weighted by Gasteiger charge is -2.26. The topological polar surface area (TPSA) is 58.2 Å². The van der Waals surface area contributed by atoms with Crippen molar-refractivity contribution < 1.29 is 9.59 Å². The molecule has 0 rings (SSSR count). The van der Waals surface area contributed by atoms with Crippen LogP contribution in [-0.2, 0) is 9.59 Å². The summed E-state index contributed by atoms with van der Waals surface area (Å²) in [6.07, 6.45) is 1.99. The molecule has 0 saturated heterocycles. The molecule has 0 aliphatic heterocycles. The van der Waals surface area contributed by atoms with E-state index in [1.54, 1.807) is 0 Å². The highest BCUT2D eigenvalue weighted by molar-refractivity contribution is 5.87. The molecule has 4 nitrogen and oxygen atoms in total. The summed E-state index contributed by atoms with van der Waals surface area (Å²) in [6, 6.07) is 0. The van der Waals surface area contributed by atoms with E-state index in [1.165, 1.54) is 0 Å². The van der Waals surface area contributed by atoms with E-state index in [0.717, 1.165) is 19.5 Å². The highest BCUT2D eigenvalue weighted by Gasteiger charge is 2.26. The molecule has 0 heterocycles. The van der Waals surface area contributed by atoms with Gasteiger partial charge in [-0.05, 0) is 47.2 Å². The van der Waals surface area contributed by atoms with Gasteiger partial charge in [0.15, 0.2) is 11.6 Å². The Morgan fingerprint density at radius 3 is 1.37 bits per heavy atom. The summed E-state index contributed by atoms with van der Waals surface area (Å²) in [4.78, 5) is 23.3. The second kappa shape index (κ2) is 7.75. The Labute approximate surface area is 117 Å². The second-order valence-corrected chi connectivity index (χ2v) is 6.01. The molecule has 0 atom stereocenters. The van der Waals surface area contributed by atoms with E-state index in [2.05, 4.69) is 10.6 Å². The third-order valence-electron chi connectivity index (χ3n) is 3.52. The number of carbonyl (C=O) groups is 2. The fourth-order valence-corrected chi connectivity index (χ4v) is 1.97.